The molecular weight excluding hydrogens is 493 g/mol. The summed E-state index contributed by atoms with van der Waals surface area (Å²) in [6.45, 7) is 3.45. The molecule has 1 aromatic heterocycles. The van der Waals surface area contributed by atoms with E-state index in [2.05, 4.69) is 10.3 Å². The molecule has 37 heavy (non-hydrogen) atoms. The van der Waals surface area contributed by atoms with Gasteiger partial charge in [-0.05, 0) is 55.8 Å². The number of ketones is 2. The van der Waals surface area contributed by atoms with E-state index < -0.39 is 34.6 Å². The Morgan fingerprint density at radius 1 is 1.14 bits per heavy atom. The van der Waals surface area contributed by atoms with Gasteiger partial charge >= 0.3 is 6.18 Å². The molecule has 2 aliphatic rings. The number of hydrogen-bond donors (Lipinski definition) is 2. The fraction of sp³-hybridized carbons (Fsp3) is 0.240. The Kier molecular flexibility index (Phi) is 6.24. The Morgan fingerprint density at radius 3 is 2.35 bits per heavy atom. The number of anilines is 2. The lowest BCUT2D eigenvalue weighted by atomic mass is 9.80. The number of carbonyl (C=O) groups excluding carboxylic acids is 3. The van der Waals surface area contributed by atoms with Crippen molar-refractivity contribution in [2.75, 3.05) is 10.2 Å². The van der Waals surface area contributed by atoms with Crippen molar-refractivity contribution >= 4 is 28.8 Å². The summed E-state index contributed by atoms with van der Waals surface area (Å²) >= 11 is 0. The van der Waals surface area contributed by atoms with Crippen LogP contribution in [0.15, 0.2) is 70.3 Å². The van der Waals surface area contributed by atoms with E-state index in [0.717, 1.165) is 17.6 Å². The maximum atomic E-state index is 13.1. The molecule has 9 nitrogen and oxygen atoms in total. The molecule has 2 heterocycles. The summed E-state index contributed by atoms with van der Waals surface area (Å²) in [5.74, 6) is -2.12. The number of halogens is 3. The first kappa shape index (κ1) is 25.8. The average Bonchev–Trinajstić information content (AvgIpc) is 2.79. The van der Waals surface area contributed by atoms with Crippen LogP contribution >= 0.6 is 0 Å². The third kappa shape index (κ3) is 4.87. The van der Waals surface area contributed by atoms with Crippen LogP contribution in [0.2, 0.25) is 0 Å². The van der Waals surface area contributed by atoms with Crippen molar-refractivity contribution in [2.24, 2.45) is 0 Å². The van der Waals surface area contributed by atoms with Gasteiger partial charge in [-0.25, -0.2) is 4.98 Å². The molecule has 0 radical (unpaired) electrons. The second kappa shape index (κ2) is 8.96. The van der Waals surface area contributed by atoms with Crippen LogP contribution in [-0.4, -0.2) is 37.7 Å². The number of nitrogens with one attached hydrogen (secondary N) is 1. The molecule has 0 saturated heterocycles. The Morgan fingerprint density at radius 2 is 1.78 bits per heavy atom. The minimum Gasteiger partial charge on any atom is -0.374 e. The molecule has 0 spiro atoms. The van der Waals surface area contributed by atoms with Crippen molar-refractivity contribution in [3.63, 3.8) is 0 Å². The normalized spacial score (nSPS) is 19.6. The summed E-state index contributed by atoms with van der Waals surface area (Å²) in [6.07, 6.45) is -0.858. The minimum absolute atomic E-state index is 0.0360. The zero-order valence-corrected chi connectivity index (χ0v) is 19.9. The first-order chi connectivity index (χ1) is 17.2. The molecule has 1 unspecified atom stereocenters. The molecule has 1 aliphatic carbocycles. The summed E-state index contributed by atoms with van der Waals surface area (Å²) in [6, 6.07) is 6.81. The van der Waals surface area contributed by atoms with Crippen molar-refractivity contribution < 1.29 is 32.7 Å². The van der Waals surface area contributed by atoms with E-state index in [1.807, 2.05) is 0 Å². The molecule has 4 rings (SSSR count). The van der Waals surface area contributed by atoms with Gasteiger partial charge in [-0.15, -0.1) is 0 Å². The number of amides is 1. The van der Waals surface area contributed by atoms with Gasteiger partial charge in [0.05, 0.1) is 6.54 Å². The molecule has 0 fully saturated rings. The lowest BCUT2D eigenvalue weighted by molar-refractivity contribution is -0.144. The standard InChI is InChI=1S/C25H21F3N4O5/c1-13-29-20(25(26,27)28)10-22(35)31(13)11-18-8-15-9-21(34)24(3,37)23(36)19(15)12-32(18)17-6-4-16(5-7-17)30-14(2)33/h4-10,12,37H,11H2,1-3H3,(H,30,33). The average molecular weight is 514 g/mol. The van der Waals surface area contributed by atoms with Gasteiger partial charge in [0.2, 0.25) is 11.7 Å². The van der Waals surface area contributed by atoms with E-state index in [1.54, 1.807) is 24.3 Å². The number of alkyl halides is 3. The van der Waals surface area contributed by atoms with Gasteiger partial charge in [0, 0.05) is 41.8 Å². The Labute approximate surface area is 208 Å². The third-order valence-corrected chi connectivity index (χ3v) is 5.93. The second-order valence-electron chi connectivity index (χ2n) is 8.75. The van der Waals surface area contributed by atoms with Crippen molar-refractivity contribution in [3.05, 3.63) is 87.4 Å². The van der Waals surface area contributed by atoms with Gasteiger partial charge in [-0.2, -0.15) is 13.2 Å². The number of allylic oxidation sites excluding steroid dienone is 3. The molecule has 1 atom stereocenters. The highest BCUT2D eigenvalue weighted by Crippen LogP contribution is 2.35. The zero-order valence-electron chi connectivity index (χ0n) is 19.9. The maximum Gasteiger partial charge on any atom is 0.433 e. The highest BCUT2D eigenvalue weighted by Gasteiger charge is 2.44. The fourth-order valence-corrected chi connectivity index (χ4v) is 3.97. The number of fused-ring (bicyclic) bond motifs is 1. The van der Waals surface area contributed by atoms with Crippen molar-refractivity contribution in [2.45, 2.75) is 39.1 Å². The Balaban J connectivity index is 1.82. The minimum atomic E-state index is -4.79. The van der Waals surface area contributed by atoms with Crippen LogP contribution in [0.4, 0.5) is 24.5 Å². The number of nitrogens with zero attached hydrogens (tertiary/aromatic N) is 3. The van der Waals surface area contributed by atoms with Crippen LogP contribution in [0.25, 0.3) is 0 Å². The summed E-state index contributed by atoms with van der Waals surface area (Å²) < 4.78 is 40.3. The molecule has 1 aromatic carbocycles. The summed E-state index contributed by atoms with van der Waals surface area (Å²) in [5.41, 5.74) is -2.99. The SMILES string of the molecule is CC(=O)Nc1ccc(N2C=C3C(=O)C(C)(O)C(=O)C=C3C=C2Cn2c(C)nc(C(F)(F)F)cc2=O)cc1. The number of Topliss-reactive ketones (excluding diaryl/α,β-unsaturated/α-hetero) is 1. The first-order valence-electron chi connectivity index (χ1n) is 11.0. The molecule has 1 aliphatic heterocycles. The lowest BCUT2D eigenvalue weighted by Crippen LogP contribution is -2.47. The highest BCUT2D eigenvalue weighted by molar-refractivity contribution is 6.25. The smallest absolute Gasteiger partial charge is 0.374 e. The van der Waals surface area contributed by atoms with Crippen molar-refractivity contribution in [1.29, 1.82) is 0 Å². The molecule has 0 bridgehead atoms. The van der Waals surface area contributed by atoms with Crippen LogP contribution in [0.5, 0.6) is 0 Å². The zero-order chi connectivity index (χ0) is 27.3. The number of aliphatic hydroxyl groups is 1. The Bertz CT molecular complexity index is 1480. The van der Waals surface area contributed by atoms with E-state index in [4.69, 9.17) is 0 Å². The molecule has 0 saturated carbocycles. The predicted octanol–water partition coefficient (Wildman–Crippen LogP) is 2.65. The largest absolute Gasteiger partial charge is 0.433 e. The molecule has 1 amide bonds. The van der Waals surface area contributed by atoms with E-state index in [-0.39, 0.29) is 29.4 Å². The first-order valence-corrected chi connectivity index (χ1v) is 11.0. The van der Waals surface area contributed by atoms with Crippen LogP contribution in [0.1, 0.15) is 25.4 Å². The second-order valence-corrected chi connectivity index (χ2v) is 8.75. The van der Waals surface area contributed by atoms with E-state index >= 15 is 0 Å². The highest BCUT2D eigenvalue weighted by atomic mass is 19.4. The topological polar surface area (TPSA) is 122 Å². The molecule has 192 valence electrons. The summed E-state index contributed by atoms with van der Waals surface area (Å²) in [7, 11) is 0. The lowest BCUT2D eigenvalue weighted by Gasteiger charge is -2.34. The molecule has 2 aromatic rings. The number of carbonyl (C=O) groups is 3. The monoisotopic (exact) mass is 514 g/mol. The third-order valence-electron chi connectivity index (χ3n) is 5.93. The summed E-state index contributed by atoms with van der Waals surface area (Å²) in [5, 5.41) is 13.0. The number of aryl methyl sites for hydroxylation is 1. The van der Waals surface area contributed by atoms with Crippen molar-refractivity contribution in [1.82, 2.24) is 9.55 Å². The van der Waals surface area contributed by atoms with Gasteiger partial charge in [-0.3, -0.25) is 23.7 Å². The quantitative estimate of drug-likeness (QED) is 0.602. The maximum absolute atomic E-state index is 13.1. The number of hydrogen-bond acceptors (Lipinski definition) is 7. The van der Waals surface area contributed by atoms with Gasteiger partial charge in [0.25, 0.3) is 5.56 Å². The molecular formula is C25H21F3N4O5. The number of benzene rings is 1. The van der Waals surface area contributed by atoms with Crippen LogP contribution in [0.3, 0.4) is 0 Å². The molecule has 12 heteroatoms. The van der Waals surface area contributed by atoms with Crippen LogP contribution in [0, 0.1) is 6.92 Å². The van der Waals surface area contributed by atoms with Crippen molar-refractivity contribution in [3.8, 4) is 0 Å². The van der Waals surface area contributed by atoms with E-state index in [9.17, 15) is 37.5 Å². The van der Waals surface area contributed by atoms with Gasteiger partial charge in [0.15, 0.2) is 17.1 Å². The van der Waals surface area contributed by atoms with Gasteiger partial charge < -0.3 is 15.3 Å². The van der Waals surface area contributed by atoms with Gasteiger partial charge in [-0.1, -0.05) is 0 Å². The van der Waals surface area contributed by atoms with Crippen LogP contribution in [-0.2, 0) is 27.1 Å². The Hall–Kier alpha value is -4.32. The predicted molar refractivity (Wildman–Crippen MR) is 126 cm³/mol. The van der Waals surface area contributed by atoms with Gasteiger partial charge in [0.1, 0.15) is 5.82 Å². The fourth-order valence-electron chi connectivity index (χ4n) is 3.97. The number of rotatable bonds is 4. The van der Waals surface area contributed by atoms with E-state index in [0.29, 0.717) is 23.1 Å². The molecule has 2 N–H and O–H groups in total. The number of aromatic nitrogens is 2. The van der Waals surface area contributed by atoms with E-state index in [1.165, 1.54) is 31.0 Å². The summed E-state index contributed by atoms with van der Waals surface area (Å²) in [4.78, 5) is 54.2. The van der Waals surface area contributed by atoms with Crippen LogP contribution < -0.4 is 15.8 Å².